The average molecular weight is 488 g/mol. The Morgan fingerprint density at radius 1 is 1.19 bits per heavy atom. The highest BCUT2D eigenvalue weighted by atomic mass is 16.5. The Morgan fingerprint density at radius 2 is 2.03 bits per heavy atom. The first-order valence-electron chi connectivity index (χ1n) is 12.5. The molecule has 2 aromatic carbocycles. The molecule has 36 heavy (non-hydrogen) atoms. The third-order valence-electron chi connectivity index (χ3n) is 8.52. The number of aryl methyl sites for hydroxylation is 2. The van der Waals surface area contributed by atoms with Gasteiger partial charge in [0.25, 0.3) is 5.91 Å². The summed E-state index contributed by atoms with van der Waals surface area (Å²) in [7, 11) is 3.54. The number of benzene rings is 2. The highest BCUT2D eigenvalue weighted by Crippen LogP contribution is 2.72. The Bertz CT molecular complexity index is 1350. The molecule has 3 heterocycles. The molecule has 3 aliphatic rings. The minimum absolute atomic E-state index is 0.0804. The van der Waals surface area contributed by atoms with E-state index in [0.717, 1.165) is 59.7 Å². The van der Waals surface area contributed by atoms with E-state index in [1.807, 2.05) is 57.6 Å². The molecule has 6 rings (SSSR count). The molecule has 0 spiro atoms. The fourth-order valence-electron chi connectivity index (χ4n) is 6.34. The molecule has 1 aliphatic carbocycles. The second-order valence-electron chi connectivity index (χ2n) is 10.6. The van der Waals surface area contributed by atoms with E-state index in [1.165, 1.54) is 0 Å². The monoisotopic (exact) mass is 487 g/mol. The molecule has 0 bridgehead atoms. The van der Waals surface area contributed by atoms with Gasteiger partial charge in [0, 0.05) is 49.7 Å². The van der Waals surface area contributed by atoms with Gasteiger partial charge in [-0.05, 0) is 67.3 Å². The number of piperazine rings is 1. The van der Waals surface area contributed by atoms with Gasteiger partial charge in [0.1, 0.15) is 5.75 Å². The lowest BCUT2D eigenvalue weighted by Gasteiger charge is -2.62. The molecule has 2 N–H and O–H groups in total. The maximum Gasteiger partial charge on any atom is 0.252 e. The van der Waals surface area contributed by atoms with Crippen LogP contribution in [-0.4, -0.2) is 70.1 Å². The van der Waals surface area contributed by atoms with Crippen molar-refractivity contribution < 1.29 is 14.6 Å². The number of methoxy groups -OCH3 is 1. The third kappa shape index (κ3) is 3.28. The highest BCUT2D eigenvalue weighted by molar-refractivity contribution is 5.97. The molecule has 8 nitrogen and oxygen atoms in total. The van der Waals surface area contributed by atoms with Crippen molar-refractivity contribution >= 4 is 11.6 Å². The van der Waals surface area contributed by atoms with Gasteiger partial charge in [0.15, 0.2) is 0 Å². The number of hydrogen-bond acceptors (Lipinski definition) is 6. The number of likely N-dealkylation sites (tertiary alicyclic amines) is 1. The number of amides is 1. The SMILES string of the molecule is COc1cc(-c2cnn(C)c2)cc([C@@H](C)NC(=O)c2cc(N3C[C@@]45C[C@@]34CN5CCO)ccc2C)c1. The van der Waals surface area contributed by atoms with Crippen molar-refractivity contribution in [1.82, 2.24) is 20.0 Å². The van der Waals surface area contributed by atoms with Gasteiger partial charge >= 0.3 is 0 Å². The van der Waals surface area contributed by atoms with E-state index >= 15 is 0 Å². The fourth-order valence-corrected chi connectivity index (χ4v) is 6.34. The second kappa shape index (κ2) is 8.08. The predicted octanol–water partition coefficient (Wildman–Crippen LogP) is 2.90. The lowest BCUT2D eigenvalue weighted by Crippen LogP contribution is -2.79. The minimum Gasteiger partial charge on any atom is -0.497 e. The summed E-state index contributed by atoms with van der Waals surface area (Å²) in [5.74, 6) is 0.662. The van der Waals surface area contributed by atoms with Crippen LogP contribution < -0.4 is 15.0 Å². The molecular weight excluding hydrogens is 454 g/mol. The van der Waals surface area contributed by atoms with Crippen molar-refractivity contribution in [3.05, 3.63) is 65.5 Å². The fraction of sp³-hybridized carbons (Fsp3) is 0.429. The number of nitrogens with one attached hydrogen (secondary N) is 1. The second-order valence-corrected chi connectivity index (χ2v) is 10.6. The van der Waals surface area contributed by atoms with Gasteiger partial charge in [0.05, 0.1) is 37.0 Å². The van der Waals surface area contributed by atoms with Crippen LogP contribution in [0.1, 0.15) is 40.9 Å². The van der Waals surface area contributed by atoms with E-state index in [2.05, 4.69) is 32.3 Å². The average Bonchev–Trinajstić information content (AvgIpc) is 3.22. The van der Waals surface area contributed by atoms with Gasteiger partial charge < -0.3 is 20.1 Å². The van der Waals surface area contributed by atoms with E-state index in [4.69, 9.17) is 4.74 Å². The normalized spacial score (nSPS) is 24.8. The molecule has 0 radical (unpaired) electrons. The van der Waals surface area contributed by atoms with E-state index < -0.39 is 0 Å². The van der Waals surface area contributed by atoms with Gasteiger partial charge in [-0.2, -0.15) is 5.10 Å². The molecular formula is C28H33N5O3. The zero-order valence-electron chi connectivity index (χ0n) is 21.3. The number of carbonyl (C=O) groups is 1. The van der Waals surface area contributed by atoms with Gasteiger partial charge in [-0.3, -0.25) is 14.4 Å². The number of aliphatic hydroxyl groups is 1. The van der Waals surface area contributed by atoms with Crippen LogP contribution in [0.4, 0.5) is 5.69 Å². The molecule has 2 aliphatic heterocycles. The number of hydrogen-bond donors (Lipinski definition) is 2. The van der Waals surface area contributed by atoms with Gasteiger partial charge in [0.2, 0.25) is 0 Å². The Morgan fingerprint density at radius 3 is 2.69 bits per heavy atom. The van der Waals surface area contributed by atoms with E-state index in [1.54, 1.807) is 11.8 Å². The number of aromatic nitrogens is 2. The van der Waals surface area contributed by atoms with E-state index in [-0.39, 0.29) is 29.6 Å². The lowest BCUT2D eigenvalue weighted by atomic mass is 9.84. The molecule has 3 fully saturated rings. The number of aliphatic hydroxyl groups excluding tert-OH is 1. The largest absolute Gasteiger partial charge is 0.497 e. The number of carbonyl (C=O) groups excluding carboxylic acids is 1. The minimum atomic E-state index is -0.205. The van der Waals surface area contributed by atoms with Crippen LogP contribution in [0.2, 0.25) is 0 Å². The number of ether oxygens (including phenoxy) is 1. The van der Waals surface area contributed by atoms with Crippen LogP contribution in [0.5, 0.6) is 5.75 Å². The smallest absolute Gasteiger partial charge is 0.252 e. The molecule has 188 valence electrons. The summed E-state index contributed by atoms with van der Waals surface area (Å²) in [6.45, 7) is 6.90. The van der Waals surface area contributed by atoms with Crippen LogP contribution in [0, 0.1) is 6.92 Å². The van der Waals surface area contributed by atoms with E-state index in [9.17, 15) is 9.90 Å². The summed E-state index contributed by atoms with van der Waals surface area (Å²) >= 11 is 0. The van der Waals surface area contributed by atoms with Crippen LogP contribution in [0.3, 0.4) is 0 Å². The maximum absolute atomic E-state index is 13.4. The summed E-state index contributed by atoms with van der Waals surface area (Å²) in [5.41, 5.74) is 6.21. The van der Waals surface area contributed by atoms with E-state index in [0.29, 0.717) is 5.56 Å². The zero-order valence-corrected chi connectivity index (χ0v) is 21.3. The quantitative estimate of drug-likeness (QED) is 0.509. The first kappa shape index (κ1) is 23.1. The number of rotatable bonds is 8. The molecule has 1 saturated carbocycles. The van der Waals surface area contributed by atoms with Crippen molar-refractivity contribution in [3.8, 4) is 16.9 Å². The summed E-state index contributed by atoms with van der Waals surface area (Å²) in [6, 6.07) is 12.0. The van der Waals surface area contributed by atoms with Gasteiger partial charge in [-0.15, -0.1) is 0 Å². The third-order valence-corrected chi connectivity index (χ3v) is 8.52. The van der Waals surface area contributed by atoms with Crippen LogP contribution >= 0.6 is 0 Å². The summed E-state index contributed by atoms with van der Waals surface area (Å²) in [5, 5.41) is 16.8. The Labute approximate surface area is 211 Å². The van der Waals surface area contributed by atoms with Crippen molar-refractivity contribution in [1.29, 1.82) is 0 Å². The van der Waals surface area contributed by atoms with Crippen molar-refractivity contribution in [2.24, 2.45) is 7.05 Å². The molecule has 2 saturated heterocycles. The lowest BCUT2D eigenvalue weighted by molar-refractivity contribution is -0.00217. The number of anilines is 1. The summed E-state index contributed by atoms with van der Waals surface area (Å²) in [4.78, 5) is 18.3. The van der Waals surface area contributed by atoms with Crippen LogP contribution in [0.15, 0.2) is 48.8 Å². The first-order chi connectivity index (χ1) is 17.3. The molecule has 8 heteroatoms. The predicted molar refractivity (Wildman–Crippen MR) is 138 cm³/mol. The topological polar surface area (TPSA) is 82.9 Å². The number of nitrogens with zero attached hydrogens (tertiary/aromatic N) is 4. The standard InChI is InChI=1S/C28H33N5O3/c1-18-5-6-23(33-17-27-15-28(27,33)16-32(27)7-8-34)12-25(18)26(35)30-19(2)20-9-21(11-24(10-20)36-4)22-13-29-31(3)14-22/h5-6,9-14,19,34H,7-8,15-17H2,1-4H3,(H,30,35)/t19-,27+,28+/m1/s1. The summed E-state index contributed by atoms with van der Waals surface area (Å²) in [6.07, 6.45) is 4.94. The Balaban J connectivity index is 1.20. The molecule has 1 aromatic heterocycles. The first-order valence-corrected chi connectivity index (χ1v) is 12.5. The van der Waals surface area contributed by atoms with Crippen molar-refractivity contribution in [2.45, 2.75) is 37.4 Å². The number of β-amino-alcohol motifs (C(OH)–C–C–N with tert-alkyl or cyclic N) is 1. The van der Waals surface area contributed by atoms with Gasteiger partial charge in [-0.1, -0.05) is 6.07 Å². The maximum atomic E-state index is 13.4. The molecule has 3 atom stereocenters. The zero-order chi connectivity index (χ0) is 25.2. The van der Waals surface area contributed by atoms with Crippen LogP contribution in [0.25, 0.3) is 11.1 Å². The van der Waals surface area contributed by atoms with Crippen molar-refractivity contribution in [2.75, 3.05) is 38.3 Å². The van der Waals surface area contributed by atoms with Gasteiger partial charge in [-0.25, -0.2) is 0 Å². The van der Waals surface area contributed by atoms with Crippen LogP contribution in [-0.2, 0) is 7.05 Å². The highest BCUT2D eigenvalue weighted by Gasteiger charge is 2.88. The molecule has 3 aromatic rings. The molecule has 1 amide bonds. The Kier molecular flexibility index (Phi) is 5.18. The summed E-state index contributed by atoms with van der Waals surface area (Å²) < 4.78 is 7.31. The Hall–Kier alpha value is -3.36. The molecule has 0 unspecified atom stereocenters. The van der Waals surface area contributed by atoms with Crippen molar-refractivity contribution in [3.63, 3.8) is 0 Å².